The zero-order chi connectivity index (χ0) is 28.0. The van der Waals surface area contributed by atoms with Gasteiger partial charge in [0, 0.05) is 5.56 Å². The van der Waals surface area contributed by atoms with E-state index < -0.39 is 11.7 Å². The number of hydrogen-bond donors (Lipinski definition) is 0. The Bertz CT molecular complexity index is 2000. The second-order valence-electron chi connectivity index (χ2n) is 9.93. The molecule has 0 bridgehead atoms. The van der Waals surface area contributed by atoms with Crippen LogP contribution in [0.15, 0.2) is 138 Å². The van der Waals surface area contributed by atoms with E-state index in [-0.39, 0.29) is 0 Å². The number of rotatable bonds is 4. The van der Waals surface area contributed by atoms with Crippen molar-refractivity contribution in [1.29, 1.82) is 0 Å². The Kier molecular flexibility index (Phi) is 5.93. The molecule has 0 N–H and O–H groups in total. The first kappa shape index (κ1) is 24.9. The van der Waals surface area contributed by atoms with Gasteiger partial charge >= 0.3 is 6.18 Å². The number of nitrogens with zero attached hydrogens (tertiary/aromatic N) is 1. The highest BCUT2D eigenvalue weighted by atomic mass is 19.4. The van der Waals surface area contributed by atoms with Crippen LogP contribution in [0.4, 0.5) is 13.2 Å². The number of alkyl halides is 3. The van der Waals surface area contributed by atoms with E-state index in [1.165, 1.54) is 12.1 Å². The lowest BCUT2D eigenvalue weighted by Crippen LogP contribution is -2.04. The standard InChI is InChI=1S/C36H22F3NO/c37-36(38,39)28-10-6-8-26(22-28)24-17-15-23(16-18-24)25-7-5-9-27(21-25)29-19-20-32(31-12-2-1-11-30(29)31)35-40-33-13-3-4-14-34(33)41-35/h1-22H. The number of halogens is 3. The first-order valence-corrected chi connectivity index (χ1v) is 13.2. The van der Waals surface area contributed by atoms with E-state index in [9.17, 15) is 13.2 Å². The van der Waals surface area contributed by atoms with Gasteiger partial charge in [0.1, 0.15) is 5.52 Å². The molecule has 0 aliphatic heterocycles. The molecule has 2 nitrogen and oxygen atoms in total. The maximum atomic E-state index is 13.2. The Morgan fingerprint density at radius 2 is 1.07 bits per heavy atom. The minimum Gasteiger partial charge on any atom is -0.436 e. The number of hydrogen-bond acceptors (Lipinski definition) is 2. The Morgan fingerprint density at radius 1 is 0.488 bits per heavy atom. The molecule has 0 saturated heterocycles. The van der Waals surface area contributed by atoms with Gasteiger partial charge < -0.3 is 4.42 Å². The zero-order valence-electron chi connectivity index (χ0n) is 21.7. The Balaban J connectivity index is 1.25. The van der Waals surface area contributed by atoms with Crippen LogP contribution in [0.25, 0.3) is 66.7 Å². The van der Waals surface area contributed by atoms with E-state index in [0.717, 1.165) is 61.3 Å². The van der Waals surface area contributed by atoms with Crippen LogP contribution in [-0.2, 0) is 6.18 Å². The Labute approximate surface area is 234 Å². The molecule has 5 heteroatoms. The fourth-order valence-electron chi connectivity index (χ4n) is 5.32. The fraction of sp³-hybridized carbons (Fsp3) is 0.0278. The molecule has 1 heterocycles. The highest BCUT2D eigenvalue weighted by Crippen LogP contribution is 2.38. The number of para-hydroxylation sites is 2. The lowest BCUT2D eigenvalue weighted by molar-refractivity contribution is -0.137. The van der Waals surface area contributed by atoms with Crippen LogP contribution >= 0.6 is 0 Å². The van der Waals surface area contributed by atoms with Gasteiger partial charge in [0.15, 0.2) is 5.58 Å². The van der Waals surface area contributed by atoms with Crippen LogP contribution in [0, 0.1) is 0 Å². The largest absolute Gasteiger partial charge is 0.436 e. The highest BCUT2D eigenvalue weighted by Gasteiger charge is 2.30. The summed E-state index contributed by atoms with van der Waals surface area (Å²) in [5.41, 5.74) is 7.27. The number of oxazole rings is 1. The molecule has 0 spiro atoms. The average Bonchev–Trinajstić information content (AvgIpc) is 3.44. The molecule has 0 aliphatic rings. The quantitative estimate of drug-likeness (QED) is 0.222. The number of fused-ring (bicyclic) bond motifs is 2. The van der Waals surface area contributed by atoms with Crippen LogP contribution in [0.3, 0.4) is 0 Å². The molecule has 0 amide bonds. The van der Waals surface area contributed by atoms with E-state index in [1.807, 2.05) is 72.8 Å². The van der Waals surface area contributed by atoms with Crippen LogP contribution in [0.5, 0.6) is 0 Å². The van der Waals surface area contributed by atoms with Gasteiger partial charge in [-0.05, 0) is 80.6 Å². The number of aromatic nitrogens is 1. The molecule has 41 heavy (non-hydrogen) atoms. The summed E-state index contributed by atoms with van der Waals surface area (Å²) >= 11 is 0. The second kappa shape index (κ2) is 9.79. The highest BCUT2D eigenvalue weighted by molar-refractivity contribution is 6.04. The first-order chi connectivity index (χ1) is 19.9. The monoisotopic (exact) mass is 541 g/mol. The minimum atomic E-state index is -4.37. The summed E-state index contributed by atoms with van der Waals surface area (Å²) in [4.78, 5) is 4.71. The first-order valence-electron chi connectivity index (χ1n) is 13.2. The van der Waals surface area contributed by atoms with Gasteiger partial charge in [-0.15, -0.1) is 0 Å². The van der Waals surface area contributed by atoms with E-state index in [4.69, 9.17) is 9.40 Å². The average molecular weight is 542 g/mol. The third-order valence-electron chi connectivity index (χ3n) is 7.36. The van der Waals surface area contributed by atoms with Gasteiger partial charge in [-0.3, -0.25) is 0 Å². The lowest BCUT2D eigenvalue weighted by atomic mass is 9.92. The van der Waals surface area contributed by atoms with Crippen molar-refractivity contribution in [2.75, 3.05) is 0 Å². The fourth-order valence-corrected chi connectivity index (χ4v) is 5.32. The molecule has 7 rings (SSSR count). The second-order valence-corrected chi connectivity index (χ2v) is 9.93. The molecule has 0 saturated carbocycles. The third-order valence-corrected chi connectivity index (χ3v) is 7.36. The molecular formula is C36H22F3NO. The van der Waals surface area contributed by atoms with E-state index in [0.29, 0.717) is 11.5 Å². The van der Waals surface area contributed by atoms with Crippen molar-refractivity contribution in [2.24, 2.45) is 0 Å². The van der Waals surface area contributed by atoms with Crippen molar-refractivity contribution in [2.45, 2.75) is 6.18 Å². The molecule has 0 radical (unpaired) electrons. The Hall–Kier alpha value is -5.16. The van der Waals surface area contributed by atoms with Crippen molar-refractivity contribution in [1.82, 2.24) is 4.98 Å². The van der Waals surface area contributed by atoms with Gasteiger partial charge in [0.25, 0.3) is 0 Å². The number of benzene rings is 6. The SMILES string of the molecule is FC(F)(F)c1cccc(-c2ccc(-c3cccc(-c4ccc(-c5nc6ccccc6o5)c5ccccc45)c3)cc2)c1. The summed E-state index contributed by atoms with van der Waals surface area (Å²) in [5.74, 6) is 0.587. The van der Waals surface area contributed by atoms with Crippen LogP contribution in [-0.4, -0.2) is 4.98 Å². The molecule has 198 valence electrons. The molecule has 7 aromatic rings. The summed E-state index contributed by atoms with van der Waals surface area (Å²) in [6, 6.07) is 41.4. The van der Waals surface area contributed by atoms with Gasteiger partial charge in [0.2, 0.25) is 5.89 Å². The molecular weight excluding hydrogens is 519 g/mol. The minimum absolute atomic E-state index is 0.533. The van der Waals surface area contributed by atoms with Crippen molar-refractivity contribution in [3.63, 3.8) is 0 Å². The van der Waals surface area contributed by atoms with E-state index >= 15 is 0 Å². The van der Waals surface area contributed by atoms with Gasteiger partial charge in [0.05, 0.1) is 5.56 Å². The predicted molar refractivity (Wildman–Crippen MR) is 158 cm³/mol. The lowest BCUT2D eigenvalue weighted by Gasteiger charge is -2.12. The zero-order valence-corrected chi connectivity index (χ0v) is 21.7. The molecule has 6 aromatic carbocycles. The van der Waals surface area contributed by atoms with Crippen molar-refractivity contribution in [3.8, 4) is 44.8 Å². The summed E-state index contributed by atoms with van der Waals surface area (Å²) in [6.45, 7) is 0. The maximum Gasteiger partial charge on any atom is 0.416 e. The smallest absolute Gasteiger partial charge is 0.416 e. The summed E-state index contributed by atoms with van der Waals surface area (Å²) in [5, 5.41) is 2.14. The van der Waals surface area contributed by atoms with Gasteiger partial charge in [-0.1, -0.05) is 97.1 Å². The van der Waals surface area contributed by atoms with Crippen molar-refractivity contribution < 1.29 is 17.6 Å². The maximum absolute atomic E-state index is 13.2. The normalized spacial score (nSPS) is 11.8. The van der Waals surface area contributed by atoms with Crippen LogP contribution in [0.2, 0.25) is 0 Å². The summed E-state index contributed by atoms with van der Waals surface area (Å²) in [7, 11) is 0. The molecule has 1 aromatic heterocycles. The van der Waals surface area contributed by atoms with E-state index in [1.54, 1.807) is 6.07 Å². The van der Waals surface area contributed by atoms with Crippen molar-refractivity contribution >= 4 is 21.9 Å². The van der Waals surface area contributed by atoms with Crippen LogP contribution < -0.4 is 0 Å². The van der Waals surface area contributed by atoms with Gasteiger partial charge in [-0.25, -0.2) is 4.98 Å². The molecule has 0 fully saturated rings. The third kappa shape index (κ3) is 4.66. The predicted octanol–water partition coefficient (Wildman–Crippen LogP) is 10.7. The molecule has 0 aliphatic carbocycles. The van der Waals surface area contributed by atoms with Crippen LogP contribution in [0.1, 0.15) is 5.56 Å². The Morgan fingerprint density at radius 3 is 1.78 bits per heavy atom. The molecule has 0 atom stereocenters. The summed E-state index contributed by atoms with van der Waals surface area (Å²) in [6.07, 6.45) is -4.37. The van der Waals surface area contributed by atoms with E-state index in [2.05, 4.69) is 36.4 Å². The topological polar surface area (TPSA) is 26.0 Å². The molecule has 0 unspecified atom stereocenters. The van der Waals surface area contributed by atoms with Crippen molar-refractivity contribution in [3.05, 3.63) is 139 Å². The summed E-state index contributed by atoms with van der Waals surface area (Å²) < 4.78 is 45.7. The van der Waals surface area contributed by atoms with Gasteiger partial charge in [-0.2, -0.15) is 13.2 Å².